The van der Waals surface area contributed by atoms with Crippen LogP contribution in [0.4, 0.5) is 5.82 Å². The normalized spacial score (nSPS) is 23.9. The minimum absolute atomic E-state index is 0.150. The topological polar surface area (TPSA) is 141 Å². The first-order valence-corrected chi connectivity index (χ1v) is 9.84. The van der Waals surface area contributed by atoms with Crippen molar-refractivity contribution in [2.45, 2.75) is 37.5 Å². The lowest BCUT2D eigenvalue weighted by Gasteiger charge is -2.17. The number of nitrogens with one attached hydrogen (secondary N) is 1. The summed E-state index contributed by atoms with van der Waals surface area (Å²) in [5, 5.41) is 24.1. The molecule has 1 aliphatic heterocycles. The molecule has 0 saturated carbocycles. The van der Waals surface area contributed by atoms with Gasteiger partial charge in [-0.15, -0.1) is 0 Å². The third-order valence-corrected chi connectivity index (χ3v) is 5.14. The van der Waals surface area contributed by atoms with Crippen LogP contribution >= 0.6 is 0 Å². The van der Waals surface area contributed by atoms with Crippen molar-refractivity contribution in [2.75, 3.05) is 25.6 Å². The second-order valence-corrected chi connectivity index (χ2v) is 7.18. The third kappa shape index (κ3) is 4.00. The average Bonchev–Trinajstić information content (AvgIpc) is 3.31. The molecular weight excluding hydrogens is 388 g/mol. The molecule has 0 amide bonds. The fourth-order valence-electron chi connectivity index (χ4n) is 3.59. The number of fused-ring (bicyclic) bond motifs is 1. The number of ether oxygens (including phenoxy) is 2. The quantitative estimate of drug-likeness (QED) is 0.407. The molecule has 0 aliphatic carbocycles. The zero-order valence-corrected chi connectivity index (χ0v) is 16.7. The van der Waals surface area contributed by atoms with Gasteiger partial charge in [-0.2, -0.15) is 0 Å². The van der Waals surface area contributed by atoms with Gasteiger partial charge in [0.05, 0.1) is 19.5 Å². The Balaban J connectivity index is 1.60. The third-order valence-electron chi connectivity index (χ3n) is 5.14. The van der Waals surface area contributed by atoms with Gasteiger partial charge in [-0.1, -0.05) is 30.3 Å². The van der Waals surface area contributed by atoms with Crippen molar-refractivity contribution in [2.24, 2.45) is 5.73 Å². The molecule has 1 aliphatic rings. The number of hydrogen-bond acceptors (Lipinski definition) is 9. The second kappa shape index (κ2) is 9.02. The van der Waals surface area contributed by atoms with Crippen molar-refractivity contribution in [3.8, 4) is 0 Å². The Morgan fingerprint density at radius 3 is 2.73 bits per heavy atom. The van der Waals surface area contributed by atoms with Crippen molar-refractivity contribution >= 4 is 17.0 Å². The van der Waals surface area contributed by atoms with E-state index in [9.17, 15) is 10.2 Å². The van der Waals surface area contributed by atoms with Gasteiger partial charge in [0, 0.05) is 13.7 Å². The highest BCUT2D eigenvalue weighted by Crippen LogP contribution is 2.32. The number of hydrogen-bond donors (Lipinski definition) is 4. The Morgan fingerprint density at radius 2 is 2.00 bits per heavy atom. The maximum atomic E-state index is 10.5. The summed E-state index contributed by atoms with van der Waals surface area (Å²) < 4.78 is 12.5. The highest BCUT2D eigenvalue weighted by atomic mass is 16.6. The largest absolute Gasteiger partial charge is 0.387 e. The van der Waals surface area contributed by atoms with Crippen LogP contribution in [0.1, 0.15) is 17.6 Å². The molecule has 2 aromatic heterocycles. The van der Waals surface area contributed by atoms with Crippen LogP contribution in [0.3, 0.4) is 0 Å². The van der Waals surface area contributed by atoms with Gasteiger partial charge in [-0.3, -0.25) is 4.57 Å². The summed E-state index contributed by atoms with van der Waals surface area (Å²) in [5.41, 5.74) is 8.02. The van der Waals surface area contributed by atoms with Gasteiger partial charge in [0.1, 0.15) is 24.1 Å². The Hall–Kier alpha value is -2.63. The van der Waals surface area contributed by atoms with Crippen molar-refractivity contribution < 1.29 is 19.7 Å². The van der Waals surface area contributed by atoms with Crippen molar-refractivity contribution in [1.29, 1.82) is 0 Å². The predicted octanol–water partition coefficient (Wildman–Crippen LogP) is 0.205. The Labute approximate surface area is 173 Å². The summed E-state index contributed by atoms with van der Waals surface area (Å²) in [5.74, 6) is 1.00. The minimum atomic E-state index is -1.15. The molecular formula is C20H26N6O4. The summed E-state index contributed by atoms with van der Waals surface area (Å²) in [6.07, 6.45) is -1.37. The van der Waals surface area contributed by atoms with E-state index in [1.165, 1.54) is 19.0 Å². The first kappa shape index (κ1) is 20.6. The lowest BCUT2D eigenvalue weighted by Crippen LogP contribution is -2.33. The van der Waals surface area contributed by atoms with Gasteiger partial charge >= 0.3 is 0 Å². The number of aliphatic hydroxyl groups excluding tert-OH is 2. The molecule has 1 aromatic carbocycles. The van der Waals surface area contributed by atoms with Gasteiger partial charge < -0.3 is 30.7 Å². The summed E-state index contributed by atoms with van der Waals surface area (Å²) in [6.45, 7) is 0.971. The predicted molar refractivity (Wildman–Crippen MR) is 110 cm³/mol. The Bertz CT molecular complexity index is 982. The van der Waals surface area contributed by atoms with E-state index in [2.05, 4.69) is 32.4 Å². The molecule has 1 saturated heterocycles. The number of rotatable bonds is 8. The van der Waals surface area contributed by atoms with Gasteiger partial charge in [-0.05, 0) is 12.0 Å². The minimum Gasteiger partial charge on any atom is -0.387 e. The molecule has 1 fully saturated rings. The second-order valence-electron chi connectivity index (χ2n) is 7.18. The van der Waals surface area contributed by atoms with Crippen LogP contribution in [0.15, 0.2) is 36.7 Å². The zero-order chi connectivity index (χ0) is 21.1. The Kier molecular flexibility index (Phi) is 6.21. The highest BCUT2D eigenvalue weighted by molar-refractivity contribution is 5.83. The van der Waals surface area contributed by atoms with E-state index in [4.69, 9.17) is 15.2 Å². The number of aromatic nitrogens is 4. The van der Waals surface area contributed by atoms with Crippen LogP contribution in [0, 0.1) is 0 Å². The zero-order valence-electron chi connectivity index (χ0n) is 16.7. The summed E-state index contributed by atoms with van der Waals surface area (Å²) in [7, 11) is 1.51. The van der Waals surface area contributed by atoms with Crippen LogP contribution < -0.4 is 11.1 Å². The van der Waals surface area contributed by atoms with Gasteiger partial charge in [0.2, 0.25) is 0 Å². The summed E-state index contributed by atoms with van der Waals surface area (Å²) >= 11 is 0. The first-order valence-electron chi connectivity index (χ1n) is 9.84. The molecule has 10 nitrogen and oxygen atoms in total. The number of nitrogens with two attached hydrogens (primary N) is 1. The van der Waals surface area contributed by atoms with Crippen LogP contribution in [-0.4, -0.2) is 68.3 Å². The maximum absolute atomic E-state index is 10.5. The molecule has 3 heterocycles. The molecule has 160 valence electrons. The van der Waals surface area contributed by atoms with Crippen LogP contribution in [0.5, 0.6) is 0 Å². The first-order chi connectivity index (χ1) is 14.6. The lowest BCUT2D eigenvalue weighted by molar-refractivity contribution is -0.0580. The van der Waals surface area contributed by atoms with E-state index in [0.29, 0.717) is 29.4 Å². The molecule has 4 rings (SSSR count). The molecule has 0 spiro atoms. The van der Waals surface area contributed by atoms with E-state index in [1.54, 1.807) is 4.57 Å². The van der Waals surface area contributed by atoms with Crippen LogP contribution in [0.25, 0.3) is 11.2 Å². The molecule has 10 heteroatoms. The standard InChI is InChI=1S/C20H26N6O4/c1-29-10-13-16(27)17(28)20(30-13)26-11-23-15-18(24-14(9-21)25-19(15)26)22-8-7-12-5-3-2-4-6-12/h2-6,11,13,16-17,20,27-28H,7-10,21H2,1H3,(H,22,24,25). The van der Waals surface area contributed by atoms with Crippen LogP contribution in [-0.2, 0) is 22.4 Å². The number of aliphatic hydroxyl groups is 2. The molecule has 4 unspecified atom stereocenters. The molecule has 5 N–H and O–H groups in total. The summed E-state index contributed by atoms with van der Waals surface area (Å²) in [6, 6.07) is 10.1. The van der Waals surface area contributed by atoms with Gasteiger partial charge in [0.15, 0.2) is 23.2 Å². The highest BCUT2D eigenvalue weighted by Gasteiger charge is 2.44. The summed E-state index contributed by atoms with van der Waals surface area (Å²) in [4.78, 5) is 13.4. The van der Waals surface area contributed by atoms with Crippen molar-refractivity contribution in [1.82, 2.24) is 19.5 Å². The maximum Gasteiger partial charge on any atom is 0.168 e. The fraction of sp³-hybridized carbons (Fsp3) is 0.450. The van der Waals surface area contributed by atoms with E-state index in [0.717, 1.165) is 6.42 Å². The number of nitrogens with zero attached hydrogens (tertiary/aromatic N) is 4. The number of imidazole rings is 1. The van der Waals surface area contributed by atoms with Crippen molar-refractivity contribution in [3.05, 3.63) is 48.0 Å². The molecule has 0 radical (unpaired) electrons. The molecule has 4 atom stereocenters. The number of benzene rings is 1. The molecule has 30 heavy (non-hydrogen) atoms. The molecule has 3 aromatic rings. The monoisotopic (exact) mass is 414 g/mol. The SMILES string of the molecule is COCC1OC(n2cnc3c(NCCc4ccccc4)nc(CN)nc32)C(O)C1O. The van der Waals surface area contributed by atoms with E-state index in [1.807, 2.05) is 18.2 Å². The van der Waals surface area contributed by atoms with Crippen LogP contribution in [0.2, 0.25) is 0 Å². The van der Waals surface area contributed by atoms with E-state index in [-0.39, 0.29) is 13.2 Å². The van der Waals surface area contributed by atoms with Gasteiger partial charge in [0.25, 0.3) is 0 Å². The smallest absolute Gasteiger partial charge is 0.168 e. The molecule has 0 bridgehead atoms. The fourth-order valence-corrected chi connectivity index (χ4v) is 3.59. The van der Waals surface area contributed by atoms with Gasteiger partial charge in [-0.25, -0.2) is 15.0 Å². The van der Waals surface area contributed by atoms with E-state index < -0.39 is 24.5 Å². The van der Waals surface area contributed by atoms with E-state index >= 15 is 0 Å². The lowest BCUT2D eigenvalue weighted by atomic mass is 10.1. The number of methoxy groups -OCH3 is 1. The Morgan fingerprint density at radius 1 is 1.20 bits per heavy atom. The number of anilines is 1. The average molecular weight is 414 g/mol. The van der Waals surface area contributed by atoms with Crippen molar-refractivity contribution in [3.63, 3.8) is 0 Å².